The third kappa shape index (κ3) is 10.9. The highest BCUT2D eigenvalue weighted by molar-refractivity contribution is 5.89. The van der Waals surface area contributed by atoms with Crippen molar-refractivity contribution in [3.8, 4) is 5.75 Å². The number of hydrogen-bond donors (Lipinski definition) is 1. The van der Waals surface area contributed by atoms with Crippen LogP contribution in [0.4, 0.5) is 0 Å². The molecule has 0 aromatic heterocycles. The molecule has 57 heavy (non-hydrogen) atoms. The Balaban J connectivity index is 1.36. The predicted octanol–water partition coefficient (Wildman–Crippen LogP) is 5.30. The second-order valence-corrected chi connectivity index (χ2v) is 17.5. The molecule has 5 rings (SSSR count). The number of aliphatic hydroxyl groups excluding tert-OH is 1. The van der Waals surface area contributed by atoms with Gasteiger partial charge in [0.25, 0.3) is 0 Å². The van der Waals surface area contributed by atoms with Gasteiger partial charge in [-0.1, -0.05) is 44.2 Å². The maximum Gasteiger partial charge on any atom is 0.338 e. The second-order valence-electron chi connectivity index (χ2n) is 17.5. The Morgan fingerprint density at radius 1 is 1.02 bits per heavy atom. The average Bonchev–Trinajstić information content (AvgIpc) is 3.20. The normalized spacial score (nSPS) is 33.5. The Kier molecular flexibility index (Phi) is 15.6. The first-order valence-corrected chi connectivity index (χ1v) is 20.8. The molecule has 0 saturated carbocycles. The quantitative estimate of drug-likeness (QED) is 0.315. The SMILES string of the molecule is COc1cccc(CN2CCC3(CC2)COC(=O)[C@H](C)[C@@H](O)[C@H](C)[C@@H](OC[C@@H]2O[C@H](C)C[C@H](N(C)C)[C@H]2OC(=O)c2ccccc2)[C@](C)(OC)C[C@@H](C)CN3C)c1. The van der Waals surface area contributed by atoms with Crippen LogP contribution in [0.25, 0.3) is 0 Å². The molecule has 1 N–H and O–H groups in total. The number of aliphatic hydroxyl groups is 1. The van der Waals surface area contributed by atoms with Crippen LogP contribution in [-0.2, 0) is 35.0 Å². The van der Waals surface area contributed by atoms with Gasteiger partial charge in [-0.25, -0.2) is 4.79 Å². The summed E-state index contributed by atoms with van der Waals surface area (Å²) in [6.45, 7) is 13.5. The van der Waals surface area contributed by atoms with E-state index in [1.165, 1.54) is 5.56 Å². The lowest BCUT2D eigenvalue weighted by Gasteiger charge is -2.48. The summed E-state index contributed by atoms with van der Waals surface area (Å²) >= 11 is 0. The van der Waals surface area contributed by atoms with Gasteiger partial charge in [-0.15, -0.1) is 0 Å². The maximum atomic E-state index is 13.8. The summed E-state index contributed by atoms with van der Waals surface area (Å²) in [5.41, 5.74) is 0.450. The van der Waals surface area contributed by atoms with Crippen LogP contribution in [0.3, 0.4) is 0 Å². The fourth-order valence-corrected chi connectivity index (χ4v) is 9.43. The summed E-state index contributed by atoms with van der Waals surface area (Å²) in [5, 5.41) is 11.9. The first-order valence-electron chi connectivity index (χ1n) is 20.8. The number of carbonyl (C=O) groups excluding carboxylic acids is 2. The number of ether oxygens (including phenoxy) is 6. The van der Waals surface area contributed by atoms with E-state index in [-0.39, 0.29) is 36.8 Å². The van der Waals surface area contributed by atoms with Crippen LogP contribution in [-0.4, -0.2) is 148 Å². The van der Waals surface area contributed by atoms with E-state index in [0.717, 1.165) is 44.8 Å². The monoisotopic (exact) mass is 796 g/mol. The summed E-state index contributed by atoms with van der Waals surface area (Å²) in [5.74, 6) is -1.20. The van der Waals surface area contributed by atoms with Crippen molar-refractivity contribution in [1.29, 1.82) is 0 Å². The lowest BCUT2D eigenvalue weighted by molar-refractivity contribution is -0.209. The minimum atomic E-state index is -1.08. The van der Waals surface area contributed by atoms with Crippen molar-refractivity contribution < 1.29 is 43.1 Å². The zero-order valence-electron chi connectivity index (χ0n) is 36.0. The van der Waals surface area contributed by atoms with Crippen LogP contribution in [0.15, 0.2) is 54.6 Å². The van der Waals surface area contributed by atoms with Gasteiger partial charge in [0, 0.05) is 39.2 Å². The van der Waals surface area contributed by atoms with E-state index in [9.17, 15) is 14.7 Å². The van der Waals surface area contributed by atoms with E-state index < -0.39 is 53.8 Å². The summed E-state index contributed by atoms with van der Waals surface area (Å²) in [7, 11) is 9.47. The minimum absolute atomic E-state index is 0.0879. The largest absolute Gasteiger partial charge is 0.497 e. The molecule has 3 aliphatic heterocycles. The van der Waals surface area contributed by atoms with Crippen LogP contribution in [0.5, 0.6) is 5.75 Å². The first kappa shape index (κ1) is 45.0. The summed E-state index contributed by atoms with van der Waals surface area (Å²) in [6, 6.07) is 17.0. The van der Waals surface area contributed by atoms with Crippen LogP contribution in [0.2, 0.25) is 0 Å². The molecule has 0 radical (unpaired) electrons. The molecule has 0 amide bonds. The summed E-state index contributed by atoms with van der Waals surface area (Å²) in [4.78, 5) is 34.1. The molecule has 1 spiro atoms. The van der Waals surface area contributed by atoms with E-state index in [1.807, 2.05) is 65.2 Å². The number of likely N-dealkylation sites (tertiary alicyclic amines) is 1. The number of rotatable bonds is 10. The predicted molar refractivity (Wildman–Crippen MR) is 219 cm³/mol. The molecule has 3 saturated heterocycles. The third-order valence-corrected chi connectivity index (χ3v) is 13.0. The average molecular weight is 796 g/mol. The molecule has 318 valence electrons. The zero-order chi connectivity index (χ0) is 41.5. The Bertz CT molecular complexity index is 1590. The van der Waals surface area contributed by atoms with Gasteiger partial charge in [0.2, 0.25) is 0 Å². The number of likely N-dealkylation sites (N-methyl/N-ethyl adjacent to an activating group) is 2. The minimum Gasteiger partial charge on any atom is -0.497 e. The fraction of sp³-hybridized carbons (Fsp3) is 0.689. The van der Waals surface area contributed by atoms with Gasteiger partial charge in [-0.3, -0.25) is 14.6 Å². The van der Waals surface area contributed by atoms with E-state index in [4.69, 9.17) is 28.4 Å². The van der Waals surface area contributed by atoms with Crippen molar-refractivity contribution >= 4 is 11.9 Å². The Hall–Kier alpha value is -3.10. The lowest BCUT2D eigenvalue weighted by atomic mass is 9.77. The van der Waals surface area contributed by atoms with Crippen molar-refractivity contribution in [2.24, 2.45) is 17.8 Å². The van der Waals surface area contributed by atoms with Crippen molar-refractivity contribution in [3.63, 3.8) is 0 Å². The number of methoxy groups -OCH3 is 2. The molecule has 3 aliphatic rings. The molecule has 0 bridgehead atoms. The van der Waals surface area contributed by atoms with Gasteiger partial charge in [0.1, 0.15) is 24.6 Å². The fourth-order valence-electron chi connectivity index (χ4n) is 9.43. The van der Waals surface area contributed by atoms with Gasteiger partial charge in [-0.05, 0) is 103 Å². The summed E-state index contributed by atoms with van der Waals surface area (Å²) < 4.78 is 37.6. The van der Waals surface area contributed by atoms with E-state index in [1.54, 1.807) is 33.3 Å². The highest BCUT2D eigenvalue weighted by Crippen LogP contribution is 2.38. The smallest absolute Gasteiger partial charge is 0.338 e. The highest BCUT2D eigenvalue weighted by atomic mass is 16.6. The molecule has 10 atom stereocenters. The van der Waals surface area contributed by atoms with Gasteiger partial charge in [-0.2, -0.15) is 0 Å². The molecule has 12 nitrogen and oxygen atoms in total. The molecular formula is C45H69N3O9. The summed E-state index contributed by atoms with van der Waals surface area (Å²) in [6.07, 6.45) is -0.0891. The molecule has 3 fully saturated rings. The Morgan fingerprint density at radius 2 is 1.72 bits per heavy atom. The first-order chi connectivity index (χ1) is 27.1. The van der Waals surface area contributed by atoms with Crippen molar-refractivity contribution in [2.75, 3.05) is 68.2 Å². The molecule has 12 heteroatoms. The molecule has 3 heterocycles. The Morgan fingerprint density at radius 3 is 2.37 bits per heavy atom. The topological polar surface area (TPSA) is 119 Å². The third-order valence-electron chi connectivity index (χ3n) is 13.0. The van der Waals surface area contributed by atoms with Crippen molar-refractivity contribution in [2.45, 2.75) is 115 Å². The standard InChI is InChI=1S/C45H69N3O9/c1-30-25-44(5,53-10)41(54-28-38-40(37(46(6)7)23-31(2)56-38)57-43(51)35-16-12-11-13-17-35)32(3)39(49)33(4)42(50)55-29-45(47(8)26-30)19-21-48(22-20-45)27-34-15-14-18-36(24-34)52-9/h11-18,24,30-33,37-41,49H,19-23,25-29H2,1-10H3/t30-,31-,32+,33-,37+,38+,39+,40-,41-,44-/m1/s1. The highest BCUT2D eigenvalue weighted by Gasteiger charge is 2.49. The van der Waals surface area contributed by atoms with Gasteiger partial charge < -0.3 is 38.4 Å². The zero-order valence-corrected chi connectivity index (χ0v) is 36.0. The molecular weight excluding hydrogens is 727 g/mol. The lowest BCUT2D eigenvalue weighted by Crippen LogP contribution is -2.58. The Labute approximate surface area is 341 Å². The number of hydrogen-bond acceptors (Lipinski definition) is 12. The second kappa shape index (κ2) is 19.8. The van der Waals surface area contributed by atoms with E-state index in [2.05, 4.69) is 40.8 Å². The van der Waals surface area contributed by atoms with Crippen LogP contribution < -0.4 is 4.74 Å². The number of cyclic esters (lactones) is 1. The number of piperidine rings is 1. The molecule has 0 unspecified atom stereocenters. The maximum absolute atomic E-state index is 13.8. The number of esters is 2. The van der Waals surface area contributed by atoms with Gasteiger partial charge in [0.15, 0.2) is 0 Å². The van der Waals surface area contributed by atoms with Crippen LogP contribution >= 0.6 is 0 Å². The number of benzene rings is 2. The van der Waals surface area contributed by atoms with Crippen LogP contribution in [0, 0.1) is 17.8 Å². The number of nitrogens with zero attached hydrogens (tertiary/aromatic N) is 3. The van der Waals surface area contributed by atoms with Crippen molar-refractivity contribution in [1.82, 2.24) is 14.7 Å². The van der Waals surface area contributed by atoms with E-state index >= 15 is 0 Å². The van der Waals surface area contributed by atoms with Crippen molar-refractivity contribution in [3.05, 3.63) is 65.7 Å². The number of carbonyl (C=O) groups is 2. The molecule has 0 aliphatic carbocycles. The van der Waals surface area contributed by atoms with Crippen LogP contribution in [0.1, 0.15) is 76.2 Å². The molecule has 2 aromatic carbocycles. The van der Waals surface area contributed by atoms with Gasteiger partial charge >= 0.3 is 11.9 Å². The molecule has 2 aromatic rings. The van der Waals surface area contributed by atoms with Gasteiger partial charge in [0.05, 0.1) is 60.7 Å². The van der Waals surface area contributed by atoms with E-state index in [0.29, 0.717) is 18.4 Å².